The van der Waals surface area contributed by atoms with Crippen LogP contribution in [-0.4, -0.2) is 42.9 Å². The molecule has 0 unspecified atom stereocenters. The van der Waals surface area contributed by atoms with Crippen LogP contribution in [-0.2, 0) is 4.79 Å². The zero-order valence-corrected chi connectivity index (χ0v) is 23.6. The molecule has 7 nitrogen and oxygen atoms in total. The highest BCUT2D eigenvalue weighted by Crippen LogP contribution is 2.50. The van der Waals surface area contributed by atoms with Crippen molar-refractivity contribution in [3.63, 3.8) is 0 Å². The van der Waals surface area contributed by atoms with Gasteiger partial charge in [0, 0.05) is 15.7 Å². The number of ether oxygens (including phenoxy) is 2. The highest BCUT2D eigenvalue weighted by Gasteiger charge is 2.59. The number of amides is 3. The maximum absolute atomic E-state index is 13.7. The molecular weight excluding hydrogens is 630 g/mol. The molecule has 2 atom stereocenters. The lowest BCUT2D eigenvalue weighted by Crippen LogP contribution is -2.67. The number of halogens is 5. The van der Waals surface area contributed by atoms with Crippen molar-refractivity contribution in [1.29, 1.82) is 0 Å². The molecule has 0 N–H and O–H groups in total. The SMILES string of the molecule is COc1ccc(N2C(=O)[C@@H](N3C(=O)c4c(Cl)c(Cl)c(Cl)c(Cl)c4C3=O)[C@@H]2c2cc(Br)ccc2OC)cc1. The van der Waals surface area contributed by atoms with Gasteiger partial charge in [-0.15, -0.1) is 0 Å². The number of anilines is 1. The van der Waals surface area contributed by atoms with E-state index in [1.165, 1.54) is 19.1 Å². The number of nitrogens with zero attached hydrogens (tertiary/aromatic N) is 2. The van der Waals surface area contributed by atoms with Crippen LogP contribution in [0, 0.1) is 0 Å². The van der Waals surface area contributed by atoms with Crippen molar-refractivity contribution in [2.45, 2.75) is 12.1 Å². The highest BCUT2D eigenvalue weighted by molar-refractivity contribution is 9.10. The number of methoxy groups -OCH3 is 2. The van der Waals surface area contributed by atoms with Gasteiger partial charge < -0.3 is 14.4 Å². The lowest BCUT2D eigenvalue weighted by atomic mass is 9.85. The fourth-order valence-electron chi connectivity index (χ4n) is 4.62. The van der Waals surface area contributed by atoms with E-state index in [0.29, 0.717) is 27.2 Å². The minimum atomic E-state index is -1.22. The van der Waals surface area contributed by atoms with Crippen LogP contribution in [0.15, 0.2) is 46.9 Å². The number of hydrogen-bond donors (Lipinski definition) is 0. The molecule has 1 saturated heterocycles. The van der Waals surface area contributed by atoms with Crippen molar-refractivity contribution in [3.8, 4) is 11.5 Å². The minimum absolute atomic E-state index is 0.153. The van der Waals surface area contributed by atoms with E-state index >= 15 is 0 Å². The first-order valence-corrected chi connectivity index (χ1v) is 13.0. The normalized spacial score (nSPS) is 18.7. The zero-order valence-electron chi connectivity index (χ0n) is 19.0. The molecule has 0 spiro atoms. The standard InChI is InChI=1S/C25H15BrCl4N2O5/c1-36-12-6-4-11(5-7-12)31-21(13-9-10(26)3-8-14(13)37-2)22(25(31)35)32-23(33)15-16(24(32)34)18(28)20(30)19(29)17(15)27/h3-9,21-22H,1-2H3/t21-,22-/m0/s1. The minimum Gasteiger partial charge on any atom is -0.497 e. The Morgan fingerprint density at radius 1 is 0.730 bits per heavy atom. The summed E-state index contributed by atoms with van der Waals surface area (Å²) in [6.07, 6.45) is 0. The lowest BCUT2D eigenvalue weighted by Gasteiger charge is -2.50. The molecular formula is C25H15BrCl4N2O5. The van der Waals surface area contributed by atoms with Gasteiger partial charge in [0.25, 0.3) is 17.7 Å². The second kappa shape index (κ2) is 9.67. The van der Waals surface area contributed by atoms with Gasteiger partial charge in [-0.2, -0.15) is 0 Å². The van der Waals surface area contributed by atoms with Gasteiger partial charge in [0.15, 0.2) is 0 Å². The third-order valence-electron chi connectivity index (χ3n) is 6.34. The monoisotopic (exact) mass is 642 g/mol. The molecule has 5 rings (SSSR count). The van der Waals surface area contributed by atoms with E-state index < -0.39 is 29.8 Å². The molecule has 3 aromatic carbocycles. The Kier molecular flexibility index (Phi) is 6.83. The lowest BCUT2D eigenvalue weighted by molar-refractivity contribution is -0.130. The van der Waals surface area contributed by atoms with Crippen LogP contribution in [0.25, 0.3) is 0 Å². The quantitative estimate of drug-likeness (QED) is 0.132. The van der Waals surface area contributed by atoms with Crippen molar-refractivity contribution in [2.75, 3.05) is 19.1 Å². The number of β-lactam (4-membered cyclic amide) rings is 1. The maximum Gasteiger partial charge on any atom is 0.264 e. The summed E-state index contributed by atoms with van der Waals surface area (Å²) in [5.41, 5.74) is 0.721. The molecule has 0 saturated carbocycles. The van der Waals surface area contributed by atoms with E-state index in [4.69, 9.17) is 55.9 Å². The summed E-state index contributed by atoms with van der Waals surface area (Å²) in [4.78, 5) is 43.2. The first-order chi connectivity index (χ1) is 17.6. The molecule has 2 heterocycles. The average Bonchev–Trinajstić information content (AvgIpc) is 3.15. The Labute approximate surface area is 239 Å². The second-order valence-corrected chi connectivity index (χ2v) is 10.6. The molecule has 1 fully saturated rings. The maximum atomic E-state index is 13.7. The van der Waals surface area contributed by atoms with Crippen LogP contribution in [0.1, 0.15) is 32.3 Å². The number of rotatable bonds is 5. The summed E-state index contributed by atoms with van der Waals surface area (Å²) < 4.78 is 11.5. The fourth-order valence-corrected chi connectivity index (χ4v) is 6.01. The van der Waals surface area contributed by atoms with Crippen molar-refractivity contribution < 1.29 is 23.9 Å². The number of carbonyl (C=O) groups is 3. The van der Waals surface area contributed by atoms with E-state index in [2.05, 4.69) is 15.9 Å². The van der Waals surface area contributed by atoms with Gasteiger partial charge in [-0.3, -0.25) is 19.3 Å². The van der Waals surface area contributed by atoms with Gasteiger partial charge in [-0.05, 0) is 42.5 Å². The topological polar surface area (TPSA) is 76.2 Å². The number of imide groups is 1. The van der Waals surface area contributed by atoms with E-state index in [1.54, 1.807) is 42.5 Å². The van der Waals surface area contributed by atoms with Crippen molar-refractivity contribution in [3.05, 3.63) is 83.7 Å². The van der Waals surface area contributed by atoms with Crippen LogP contribution in [0.2, 0.25) is 20.1 Å². The Morgan fingerprint density at radius 3 is 1.81 bits per heavy atom. The number of hydrogen-bond acceptors (Lipinski definition) is 5. The summed E-state index contributed by atoms with van der Waals surface area (Å²) in [6, 6.07) is 10.1. The number of fused-ring (bicyclic) bond motifs is 1. The van der Waals surface area contributed by atoms with Gasteiger partial charge in [-0.1, -0.05) is 62.3 Å². The van der Waals surface area contributed by atoms with Crippen LogP contribution < -0.4 is 14.4 Å². The van der Waals surface area contributed by atoms with Crippen LogP contribution in [0.3, 0.4) is 0 Å². The van der Waals surface area contributed by atoms with Gasteiger partial charge in [0.05, 0.1) is 51.5 Å². The Balaban J connectivity index is 1.66. The van der Waals surface area contributed by atoms with E-state index in [1.807, 2.05) is 0 Å². The van der Waals surface area contributed by atoms with Gasteiger partial charge in [-0.25, -0.2) is 0 Å². The summed E-state index contributed by atoms with van der Waals surface area (Å²) >= 11 is 28.4. The molecule has 0 aliphatic carbocycles. The summed E-state index contributed by atoms with van der Waals surface area (Å²) in [6.45, 7) is 0. The Bertz CT molecular complexity index is 1450. The van der Waals surface area contributed by atoms with Crippen LogP contribution >= 0.6 is 62.3 Å². The third kappa shape index (κ3) is 3.89. The molecule has 3 aromatic rings. The zero-order chi connectivity index (χ0) is 26.8. The fraction of sp³-hybridized carbons (Fsp3) is 0.160. The van der Waals surface area contributed by atoms with Crippen molar-refractivity contribution >= 4 is 85.7 Å². The van der Waals surface area contributed by atoms with Crippen molar-refractivity contribution in [2.24, 2.45) is 0 Å². The predicted molar refractivity (Wildman–Crippen MR) is 145 cm³/mol. The molecule has 2 aliphatic heterocycles. The van der Waals surface area contributed by atoms with Gasteiger partial charge in [0.2, 0.25) is 0 Å². The molecule has 0 aromatic heterocycles. The summed E-state index contributed by atoms with van der Waals surface area (Å²) in [5, 5.41) is -0.718. The smallest absolute Gasteiger partial charge is 0.264 e. The Morgan fingerprint density at radius 2 is 1.30 bits per heavy atom. The van der Waals surface area contributed by atoms with E-state index in [0.717, 1.165) is 4.90 Å². The molecule has 0 radical (unpaired) electrons. The van der Waals surface area contributed by atoms with E-state index in [9.17, 15) is 14.4 Å². The summed E-state index contributed by atoms with van der Waals surface area (Å²) in [7, 11) is 3.03. The largest absolute Gasteiger partial charge is 0.497 e. The third-order valence-corrected chi connectivity index (χ3v) is 8.63. The van der Waals surface area contributed by atoms with Gasteiger partial charge >= 0.3 is 0 Å². The highest BCUT2D eigenvalue weighted by atomic mass is 79.9. The molecule has 0 bridgehead atoms. The average molecular weight is 645 g/mol. The molecule has 12 heteroatoms. The van der Waals surface area contributed by atoms with Crippen molar-refractivity contribution in [1.82, 2.24) is 4.90 Å². The Hall–Kier alpha value is -2.49. The second-order valence-electron chi connectivity index (χ2n) is 8.17. The first kappa shape index (κ1) is 26.1. The molecule has 3 amide bonds. The molecule has 190 valence electrons. The van der Waals surface area contributed by atoms with Crippen LogP contribution in [0.5, 0.6) is 11.5 Å². The van der Waals surface area contributed by atoms with Gasteiger partial charge in [0.1, 0.15) is 17.5 Å². The molecule has 2 aliphatic rings. The van der Waals surface area contributed by atoms with Crippen LogP contribution in [0.4, 0.5) is 5.69 Å². The predicted octanol–water partition coefficient (Wildman–Crippen LogP) is 6.83. The number of benzene rings is 3. The molecule has 37 heavy (non-hydrogen) atoms. The van der Waals surface area contributed by atoms with E-state index in [-0.39, 0.29) is 31.2 Å². The summed E-state index contributed by atoms with van der Waals surface area (Å²) in [5.74, 6) is -1.02. The number of carbonyl (C=O) groups excluding carboxylic acids is 3. The first-order valence-electron chi connectivity index (χ1n) is 10.7.